The van der Waals surface area contributed by atoms with Gasteiger partial charge in [0.2, 0.25) is 0 Å². The van der Waals surface area contributed by atoms with Crippen molar-refractivity contribution in [2.75, 3.05) is 0 Å². The molecule has 1 heterocycles. The largest absolute Gasteiger partial charge is 0.463 e. The number of rotatable bonds is 0. The lowest BCUT2D eigenvalue weighted by Crippen LogP contribution is -2.13. The molecule has 2 unspecified atom stereocenters. The van der Waals surface area contributed by atoms with Crippen LogP contribution in [0.3, 0.4) is 0 Å². The van der Waals surface area contributed by atoms with Gasteiger partial charge < -0.3 is 10.5 Å². The maximum absolute atomic E-state index is 5.90. The molecule has 0 radical (unpaired) electrons. The van der Waals surface area contributed by atoms with Crippen molar-refractivity contribution < 1.29 is 4.74 Å². The molecular formula is C11H13NO. The van der Waals surface area contributed by atoms with E-state index in [1.54, 1.807) is 0 Å². The van der Waals surface area contributed by atoms with E-state index in [1.807, 2.05) is 13.0 Å². The van der Waals surface area contributed by atoms with Crippen LogP contribution in [0.25, 0.3) is 0 Å². The van der Waals surface area contributed by atoms with Crippen molar-refractivity contribution in [1.82, 2.24) is 0 Å². The average molecular weight is 175 g/mol. The molecule has 3 aliphatic rings. The SMILES string of the molecule is CC1=C(C)C23CC2C=CC(N)=C3O1. The first kappa shape index (κ1) is 7.25. The monoisotopic (exact) mass is 175 g/mol. The van der Waals surface area contributed by atoms with E-state index in [1.165, 1.54) is 12.0 Å². The molecule has 0 amide bonds. The van der Waals surface area contributed by atoms with Gasteiger partial charge in [0.25, 0.3) is 0 Å². The number of nitrogens with two attached hydrogens (primary N) is 1. The third-order valence-corrected chi connectivity index (χ3v) is 3.64. The lowest BCUT2D eigenvalue weighted by Gasteiger charge is -2.16. The highest BCUT2D eigenvalue weighted by Crippen LogP contribution is 2.69. The summed E-state index contributed by atoms with van der Waals surface area (Å²) in [6, 6.07) is 0. The van der Waals surface area contributed by atoms with Crippen LogP contribution in [0, 0.1) is 11.3 Å². The molecule has 1 fully saturated rings. The van der Waals surface area contributed by atoms with Crippen molar-refractivity contribution in [3.63, 3.8) is 0 Å². The maximum Gasteiger partial charge on any atom is 0.137 e. The summed E-state index contributed by atoms with van der Waals surface area (Å²) in [5.41, 5.74) is 8.27. The lowest BCUT2D eigenvalue weighted by atomic mass is 9.89. The van der Waals surface area contributed by atoms with E-state index in [0.717, 1.165) is 17.2 Å². The summed E-state index contributed by atoms with van der Waals surface area (Å²) in [5, 5.41) is 0. The highest BCUT2D eigenvalue weighted by molar-refractivity contribution is 5.50. The van der Waals surface area contributed by atoms with Crippen LogP contribution >= 0.6 is 0 Å². The van der Waals surface area contributed by atoms with Crippen molar-refractivity contribution >= 4 is 0 Å². The zero-order valence-electron chi connectivity index (χ0n) is 7.92. The second kappa shape index (κ2) is 1.84. The second-order valence-corrected chi connectivity index (χ2v) is 4.21. The van der Waals surface area contributed by atoms with Crippen molar-refractivity contribution in [2.45, 2.75) is 20.3 Å². The Morgan fingerprint density at radius 1 is 1.54 bits per heavy atom. The third-order valence-electron chi connectivity index (χ3n) is 3.64. The number of hydrogen-bond donors (Lipinski definition) is 1. The molecule has 2 N–H and O–H groups in total. The lowest BCUT2D eigenvalue weighted by molar-refractivity contribution is 0.292. The molecule has 1 spiro atoms. The molecule has 2 heteroatoms. The molecule has 0 bridgehead atoms. The van der Waals surface area contributed by atoms with Crippen LogP contribution < -0.4 is 5.73 Å². The van der Waals surface area contributed by atoms with Crippen LogP contribution in [-0.4, -0.2) is 0 Å². The molecule has 68 valence electrons. The molecule has 2 aliphatic carbocycles. The molecule has 0 aromatic rings. The Labute approximate surface area is 77.8 Å². The first-order valence-corrected chi connectivity index (χ1v) is 4.70. The number of ether oxygens (including phenoxy) is 1. The number of allylic oxidation sites excluding steroid dienone is 4. The summed E-state index contributed by atoms with van der Waals surface area (Å²) < 4.78 is 5.72. The summed E-state index contributed by atoms with van der Waals surface area (Å²) >= 11 is 0. The van der Waals surface area contributed by atoms with Gasteiger partial charge in [-0.3, -0.25) is 0 Å². The van der Waals surface area contributed by atoms with Gasteiger partial charge >= 0.3 is 0 Å². The van der Waals surface area contributed by atoms with Gasteiger partial charge in [0.05, 0.1) is 11.1 Å². The fraction of sp³-hybridized carbons (Fsp3) is 0.455. The fourth-order valence-electron chi connectivity index (χ4n) is 2.63. The van der Waals surface area contributed by atoms with Gasteiger partial charge in [0.1, 0.15) is 11.5 Å². The van der Waals surface area contributed by atoms with Crippen LogP contribution in [0.4, 0.5) is 0 Å². The van der Waals surface area contributed by atoms with E-state index >= 15 is 0 Å². The van der Waals surface area contributed by atoms with E-state index in [4.69, 9.17) is 10.5 Å². The van der Waals surface area contributed by atoms with Crippen LogP contribution in [0.5, 0.6) is 0 Å². The Bertz CT molecular complexity index is 389. The molecule has 1 saturated carbocycles. The van der Waals surface area contributed by atoms with Crippen LogP contribution in [0.1, 0.15) is 20.3 Å². The molecular weight excluding hydrogens is 162 g/mol. The minimum absolute atomic E-state index is 0.183. The molecule has 1 aliphatic heterocycles. The molecule has 2 nitrogen and oxygen atoms in total. The summed E-state index contributed by atoms with van der Waals surface area (Å²) in [4.78, 5) is 0. The Hall–Kier alpha value is -1.18. The first-order chi connectivity index (χ1) is 6.16. The molecule has 0 aromatic heterocycles. The normalized spacial score (nSPS) is 40.3. The smallest absolute Gasteiger partial charge is 0.137 e. The predicted molar refractivity (Wildman–Crippen MR) is 50.4 cm³/mol. The minimum Gasteiger partial charge on any atom is -0.463 e. The van der Waals surface area contributed by atoms with Crippen molar-refractivity contribution in [1.29, 1.82) is 0 Å². The Kier molecular flexibility index (Phi) is 1.02. The summed E-state index contributed by atoms with van der Waals surface area (Å²) in [6.45, 7) is 4.19. The molecule has 3 rings (SSSR count). The molecule has 13 heavy (non-hydrogen) atoms. The zero-order chi connectivity index (χ0) is 9.22. The van der Waals surface area contributed by atoms with Gasteiger partial charge in [-0.15, -0.1) is 0 Å². The fourth-order valence-corrected chi connectivity index (χ4v) is 2.63. The predicted octanol–water partition coefficient (Wildman–Crippen LogP) is 2.06. The maximum atomic E-state index is 5.90. The third kappa shape index (κ3) is 0.621. The van der Waals surface area contributed by atoms with E-state index < -0.39 is 0 Å². The van der Waals surface area contributed by atoms with Gasteiger partial charge in [0.15, 0.2) is 0 Å². The van der Waals surface area contributed by atoms with Gasteiger partial charge in [-0.05, 0) is 37.8 Å². The highest BCUT2D eigenvalue weighted by atomic mass is 16.5. The summed E-state index contributed by atoms with van der Waals surface area (Å²) in [7, 11) is 0. The van der Waals surface area contributed by atoms with Crippen molar-refractivity contribution in [2.24, 2.45) is 17.1 Å². The summed E-state index contributed by atoms with van der Waals surface area (Å²) in [6.07, 6.45) is 5.38. The standard InChI is InChI=1S/C11H13NO/c1-6-7(2)13-10-9(12)4-3-8-5-11(6,8)10/h3-4,8H,5,12H2,1-2H3. The Balaban J connectivity index is 2.21. The van der Waals surface area contributed by atoms with Crippen molar-refractivity contribution in [3.8, 4) is 0 Å². The zero-order valence-corrected chi connectivity index (χ0v) is 7.92. The van der Waals surface area contributed by atoms with Gasteiger partial charge in [-0.1, -0.05) is 6.08 Å². The Morgan fingerprint density at radius 2 is 2.31 bits per heavy atom. The van der Waals surface area contributed by atoms with E-state index in [-0.39, 0.29) is 5.41 Å². The average Bonchev–Trinajstić information content (AvgIpc) is 2.78. The van der Waals surface area contributed by atoms with E-state index in [0.29, 0.717) is 5.92 Å². The van der Waals surface area contributed by atoms with Crippen LogP contribution in [0.15, 0.2) is 34.9 Å². The minimum atomic E-state index is 0.183. The van der Waals surface area contributed by atoms with Gasteiger partial charge in [0, 0.05) is 0 Å². The quantitative estimate of drug-likeness (QED) is 0.611. The van der Waals surface area contributed by atoms with Crippen LogP contribution in [0.2, 0.25) is 0 Å². The summed E-state index contributed by atoms with van der Waals surface area (Å²) in [5.74, 6) is 2.70. The highest BCUT2D eigenvalue weighted by Gasteiger charge is 2.63. The second-order valence-electron chi connectivity index (χ2n) is 4.21. The van der Waals surface area contributed by atoms with Crippen LogP contribution in [-0.2, 0) is 4.74 Å². The Morgan fingerprint density at radius 3 is 3.00 bits per heavy atom. The van der Waals surface area contributed by atoms with Gasteiger partial charge in [-0.2, -0.15) is 0 Å². The number of hydrogen-bond acceptors (Lipinski definition) is 2. The molecule has 0 saturated heterocycles. The molecule has 2 atom stereocenters. The van der Waals surface area contributed by atoms with Gasteiger partial charge in [-0.25, -0.2) is 0 Å². The van der Waals surface area contributed by atoms with Crippen molar-refractivity contribution in [3.05, 3.63) is 34.9 Å². The first-order valence-electron chi connectivity index (χ1n) is 4.70. The molecule has 0 aromatic carbocycles. The van der Waals surface area contributed by atoms with E-state index in [2.05, 4.69) is 13.0 Å². The van der Waals surface area contributed by atoms with E-state index in [9.17, 15) is 0 Å². The topological polar surface area (TPSA) is 35.2 Å².